The lowest BCUT2D eigenvalue weighted by molar-refractivity contribution is -0.127. The van der Waals surface area contributed by atoms with E-state index in [-0.39, 0.29) is 0 Å². The maximum atomic E-state index is 11.5. The zero-order chi connectivity index (χ0) is 12.1. The van der Waals surface area contributed by atoms with Gasteiger partial charge in [-0.05, 0) is 32.1 Å². The largest absolute Gasteiger partial charge is 0.381 e. The molecule has 0 saturated carbocycles. The fourth-order valence-corrected chi connectivity index (χ4v) is 2.63. The van der Waals surface area contributed by atoms with E-state index < -0.39 is 0 Å². The van der Waals surface area contributed by atoms with Gasteiger partial charge in [0.1, 0.15) is 0 Å². The monoisotopic (exact) mass is 240 g/mol. The molecule has 1 N–H and O–H groups in total. The van der Waals surface area contributed by atoms with Crippen molar-refractivity contribution >= 4 is 5.91 Å². The topological polar surface area (TPSA) is 41.6 Å². The van der Waals surface area contributed by atoms with E-state index in [4.69, 9.17) is 4.74 Å². The lowest BCUT2D eigenvalue weighted by Crippen LogP contribution is -2.42. The average Bonchev–Trinajstić information content (AvgIpc) is 2.74. The van der Waals surface area contributed by atoms with E-state index in [1.54, 1.807) is 0 Å². The molecule has 0 aromatic rings. The zero-order valence-corrected chi connectivity index (χ0v) is 10.8. The van der Waals surface area contributed by atoms with Crippen molar-refractivity contribution < 1.29 is 9.53 Å². The SMILES string of the molecule is CC(CN1CCCC1=O)NCC1CCCOC1. The first-order valence-corrected chi connectivity index (χ1v) is 6.84. The standard InChI is InChI=1S/C13H24N2O2/c1-11(9-15-6-2-5-13(15)16)14-8-12-4-3-7-17-10-12/h11-12,14H,2-10H2,1H3. The molecule has 2 aliphatic heterocycles. The fourth-order valence-electron chi connectivity index (χ4n) is 2.63. The Labute approximate surface area is 104 Å². The summed E-state index contributed by atoms with van der Waals surface area (Å²) in [6.45, 7) is 6.79. The molecular weight excluding hydrogens is 216 g/mol. The summed E-state index contributed by atoms with van der Waals surface area (Å²) in [5, 5.41) is 3.53. The third-order valence-corrected chi connectivity index (χ3v) is 3.68. The van der Waals surface area contributed by atoms with Crippen LogP contribution < -0.4 is 5.32 Å². The Morgan fingerprint density at radius 1 is 1.53 bits per heavy atom. The molecule has 2 atom stereocenters. The quantitative estimate of drug-likeness (QED) is 0.780. The van der Waals surface area contributed by atoms with E-state index in [1.165, 1.54) is 12.8 Å². The molecule has 2 fully saturated rings. The minimum absolute atomic E-state index is 0.319. The highest BCUT2D eigenvalue weighted by Gasteiger charge is 2.22. The maximum absolute atomic E-state index is 11.5. The molecule has 98 valence electrons. The van der Waals surface area contributed by atoms with Crippen LogP contribution >= 0.6 is 0 Å². The van der Waals surface area contributed by atoms with Gasteiger partial charge in [0.05, 0.1) is 6.61 Å². The molecular formula is C13H24N2O2. The van der Waals surface area contributed by atoms with Gasteiger partial charge in [0, 0.05) is 38.7 Å². The Morgan fingerprint density at radius 2 is 2.41 bits per heavy atom. The van der Waals surface area contributed by atoms with Gasteiger partial charge in [0.15, 0.2) is 0 Å². The molecule has 0 aromatic carbocycles. The highest BCUT2D eigenvalue weighted by molar-refractivity contribution is 5.78. The van der Waals surface area contributed by atoms with Crippen LogP contribution in [0.3, 0.4) is 0 Å². The number of nitrogens with zero attached hydrogens (tertiary/aromatic N) is 1. The van der Waals surface area contributed by atoms with Gasteiger partial charge in [-0.1, -0.05) is 0 Å². The number of carbonyl (C=O) groups is 1. The zero-order valence-electron chi connectivity index (χ0n) is 10.8. The van der Waals surface area contributed by atoms with E-state index in [0.29, 0.717) is 17.9 Å². The number of hydrogen-bond donors (Lipinski definition) is 1. The molecule has 17 heavy (non-hydrogen) atoms. The summed E-state index contributed by atoms with van der Waals surface area (Å²) in [7, 11) is 0. The van der Waals surface area contributed by atoms with Gasteiger partial charge in [0.25, 0.3) is 0 Å². The van der Waals surface area contributed by atoms with Gasteiger partial charge in [-0.25, -0.2) is 0 Å². The molecule has 2 aliphatic rings. The summed E-state index contributed by atoms with van der Waals surface area (Å²) < 4.78 is 5.46. The number of ether oxygens (including phenoxy) is 1. The third kappa shape index (κ3) is 3.96. The second kappa shape index (κ2) is 6.36. The van der Waals surface area contributed by atoms with E-state index in [0.717, 1.165) is 45.7 Å². The smallest absolute Gasteiger partial charge is 0.222 e. The Morgan fingerprint density at radius 3 is 3.06 bits per heavy atom. The highest BCUT2D eigenvalue weighted by atomic mass is 16.5. The lowest BCUT2D eigenvalue weighted by atomic mass is 10.0. The van der Waals surface area contributed by atoms with E-state index in [2.05, 4.69) is 12.2 Å². The third-order valence-electron chi connectivity index (χ3n) is 3.68. The Kier molecular flexibility index (Phi) is 4.80. The molecule has 2 unspecified atom stereocenters. The van der Waals surface area contributed by atoms with Crippen LogP contribution in [0.15, 0.2) is 0 Å². The molecule has 2 saturated heterocycles. The predicted octanol–water partition coefficient (Wildman–Crippen LogP) is 1.01. The predicted molar refractivity (Wildman–Crippen MR) is 66.8 cm³/mol. The number of amides is 1. The van der Waals surface area contributed by atoms with Crippen LogP contribution in [-0.2, 0) is 9.53 Å². The molecule has 1 amide bonds. The van der Waals surface area contributed by atoms with Crippen molar-refractivity contribution in [3.8, 4) is 0 Å². The first-order chi connectivity index (χ1) is 8.25. The average molecular weight is 240 g/mol. The molecule has 0 bridgehead atoms. The normalized spacial score (nSPS) is 27.5. The first-order valence-electron chi connectivity index (χ1n) is 6.84. The van der Waals surface area contributed by atoms with Gasteiger partial charge in [0.2, 0.25) is 5.91 Å². The summed E-state index contributed by atoms with van der Waals surface area (Å²) in [6, 6.07) is 0.388. The van der Waals surface area contributed by atoms with Crippen LogP contribution in [0.1, 0.15) is 32.6 Å². The Bertz CT molecular complexity index is 252. The van der Waals surface area contributed by atoms with Crippen LogP contribution in [0.5, 0.6) is 0 Å². The number of rotatable bonds is 5. The molecule has 2 rings (SSSR count). The van der Waals surface area contributed by atoms with Crippen molar-refractivity contribution in [1.29, 1.82) is 0 Å². The summed E-state index contributed by atoms with van der Waals surface area (Å²) in [4.78, 5) is 13.5. The highest BCUT2D eigenvalue weighted by Crippen LogP contribution is 2.13. The number of hydrogen-bond acceptors (Lipinski definition) is 3. The summed E-state index contributed by atoms with van der Waals surface area (Å²) >= 11 is 0. The summed E-state index contributed by atoms with van der Waals surface area (Å²) in [5.74, 6) is 0.972. The fraction of sp³-hybridized carbons (Fsp3) is 0.923. The van der Waals surface area contributed by atoms with Gasteiger partial charge < -0.3 is 15.0 Å². The minimum atomic E-state index is 0.319. The second-order valence-corrected chi connectivity index (χ2v) is 5.34. The van der Waals surface area contributed by atoms with Crippen molar-refractivity contribution in [2.24, 2.45) is 5.92 Å². The maximum Gasteiger partial charge on any atom is 0.222 e. The van der Waals surface area contributed by atoms with Crippen molar-refractivity contribution in [3.05, 3.63) is 0 Å². The summed E-state index contributed by atoms with van der Waals surface area (Å²) in [5.41, 5.74) is 0. The van der Waals surface area contributed by atoms with Crippen LogP contribution in [0, 0.1) is 5.92 Å². The number of likely N-dealkylation sites (tertiary alicyclic amines) is 1. The molecule has 0 spiro atoms. The van der Waals surface area contributed by atoms with Gasteiger partial charge in [-0.2, -0.15) is 0 Å². The summed E-state index contributed by atoms with van der Waals surface area (Å²) in [6.07, 6.45) is 4.22. The van der Waals surface area contributed by atoms with Gasteiger partial charge in [-0.3, -0.25) is 4.79 Å². The molecule has 0 aromatic heterocycles. The lowest BCUT2D eigenvalue weighted by Gasteiger charge is -2.26. The number of nitrogens with one attached hydrogen (secondary N) is 1. The van der Waals surface area contributed by atoms with Crippen molar-refractivity contribution in [2.75, 3.05) is 32.8 Å². The molecule has 0 radical (unpaired) electrons. The van der Waals surface area contributed by atoms with Gasteiger partial charge in [-0.15, -0.1) is 0 Å². The number of carbonyl (C=O) groups excluding carboxylic acids is 1. The molecule has 2 heterocycles. The van der Waals surface area contributed by atoms with Gasteiger partial charge >= 0.3 is 0 Å². The Hall–Kier alpha value is -0.610. The molecule has 4 nitrogen and oxygen atoms in total. The second-order valence-electron chi connectivity index (χ2n) is 5.34. The van der Waals surface area contributed by atoms with Crippen molar-refractivity contribution in [2.45, 2.75) is 38.6 Å². The molecule has 0 aliphatic carbocycles. The van der Waals surface area contributed by atoms with E-state index in [1.807, 2.05) is 4.90 Å². The van der Waals surface area contributed by atoms with Crippen molar-refractivity contribution in [1.82, 2.24) is 10.2 Å². The van der Waals surface area contributed by atoms with Crippen LogP contribution in [0.2, 0.25) is 0 Å². The first kappa shape index (κ1) is 12.8. The van der Waals surface area contributed by atoms with E-state index >= 15 is 0 Å². The van der Waals surface area contributed by atoms with E-state index in [9.17, 15) is 4.79 Å². The molecule has 4 heteroatoms. The van der Waals surface area contributed by atoms with Crippen molar-refractivity contribution in [3.63, 3.8) is 0 Å². The van der Waals surface area contributed by atoms with Crippen LogP contribution in [-0.4, -0.2) is 49.7 Å². The van der Waals surface area contributed by atoms with Crippen LogP contribution in [0.25, 0.3) is 0 Å². The Balaban J connectivity index is 1.62. The van der Waals surface area contributed by atoms with Crippen LogP contribution in [0.4, 0.5) is 0 Å². The minimum Gasteiger partial charge on any atom is -0.381 e.